The quantitative estimate of drug-likeness (QED) is 0.742. The Bertz CT molecular complexity index is 434. The highest BCUT2D eigenvalue weighted by molar-refractivity contribution is 7.99. The van der Waals surface area contributed by atoms with Crippen LogP contribution < -0.4 is 4.74 Å². The van der Waals surface area contributed by atoms with E-state index in [0.717, 1.165) is 4.90 Å². The van der Waals surface area contributed by atoms with Crippen LogP contribution in [0.3, 0.4) is 0 Å². The zero-order chi connectivity index (χ0) is 10.5. The van der Waals surface area contributed by atoms with E-state index >= 15 is 0 Å². The van der Waals surface area contributed by atoms with Gasteiger partial charge in [-0.15, -0.1) is 0 Å². The van der Waals surface area contributed by atoms with E-state index in [1.165, 1.54) is 11.8 Å². The fourth-order valence-corrected chi connectivity index (χ4v) is 1.84. The summed E-state index contributed by atoms with van der Waals surface area (Å²) in [5.74, 6) is 0.587. The number of hydrogen-bond donors (Lipinski definition) is 0. The Morgan fingerprint density at radius 3 is 2.67 bits per heavy atom. The predicted octanol–water partition coefficient (Wildman–Crippen LogP) is 2.64. The molecule has 2 aromatic rings. The Balaban J connectivity index is 2.17. The van der Waals surface area contributed by atoms with Crippen molar-refractivity contribution in [1.29, 1.82) is 0 Å². The van der Waals surface area contributed by atoms with Crippen LogP contribution in [0, 0.1) is 0 Å². The van der Waals surface area contributed by atoms with Crippen molar-refractivity contribution in [3.8, 4) is 5.88 Å². The second kappa shape index (κ2) is 4.79. The fourth-order valence-electron chi connectivity index (χ4n) is 1.08. The summed E-state index contributed by atoms with van der Waals surface area (Å²) in [5.41, 5.74) is 0. The van der Waals surface area contributed by atoms with Gasteiger partial charge >= 0.3 is 0 Å². The molecule has 2 rings (SSSR count). The average molecular weight is 218 g/mol. The maximum Gasteiger partial charge on any atom is 0.217 e. The number of hydrogen-bond acceptors (Lipinski definition) is 4. The van der Waals surface area contributed by atoms with Crippen LogP contribution >= 0.6 is 11.8 Å². The van der Waals surface area contributed by atoms with Crippen LogP contribution in [-0.2, 0) is 0 Å². The number of methoxy groups -OCH3 is 1. The first-order valence-electron chi connectivity index (χ1n) is 4.48. The number of aromatic nitrogens is 2. The van der Waals surface area contributed by atoms with Gasteiger partial charge in [-0.3, -0.25) is 0 Å². The van der Waals surface area contributed by atoms with Crippen molar-refractivity contribution in [3.63, 3.8) is 0 Å². The second-order valence-corrected chi connectivity index (χ2v) is 3.84. The smallest absolute Gasteiger partial charge is 0.217 e. The van der Waals surface area contributed by atoms with Crippen LogP contribution in [0.4, 0.5) is 0 Å². The van der Waals surface area contributed by atoms with E-state index in [2.05, 4.69) is 9.97 Å². The summed E-state index contributed by atoms with van der Waals surface area (Å²) in [5, 5.41) is 0.695. The summed E-state index contributed by atoms with van der Waals surface area (Å²) in [7, 11) is 1.60. The van der Waals surface area contributed by atoms with Crippen molar-refractivity contribution in [3.05, 3.63) is 42.6 Å². The van der Waals surface area contributed by atoms with Crippen molar-refractivity contribution < 1.29 is 4.74 Å². The molecule has 0 aliphatic heterocycles. The van der Waals surface area contributed by atoms with Crippen molar-refractivity contribution in [2.45, 2.75) is 10.1 Å². The van der Waals surface area contributed by atoms with E-state index in [1.54, 1.807) is 19.4 Å². The standard InChI is InChI=1S/C11H10N2OS/c1-14-10-7-8-12-11(13-10)15-9-5-3-2-4-6-9/h2-8H,1H3. The highest BCUT2D eigenvalue weighted by Crippen LogP contribution is 2.24. The zero-order valence-corrected chi connectivity index (χ0v) is 9.07. The van der Waals surface area contributed by atoms with Gasteiger partial charge in [-0.2, -0.15) is 4.98 Å². The van der Waals surface area contributed by atoms with Gasteiger partial charge in [0.2, 0.25) is 5.88 Å². The van der Waals surface area contributed by atoms with Crippen molar-refractivity contribution in [2.24, 2.45) is 0 Å². The Morgan fingerprint density at radius 2 is 1.93 bits per heavy atom. The maximum absolute atomic E-state index is 5.03. The SMILES string of the molecule is COc1ccnc(Sc2ccccc2)n1. The van der Waals surface area contributed by atoms with Crippen LogP contribution in [0.1, 0.15) is 0 Å². The molecule has 1 aromatic carbocycles. The number of nitrogens with zero attached hydrogens (tertiary/aromatic N) is 2. The molecule has 0 unspecified atom stereocenters. The molecule has 0 fully saturated rings. The first-order chi connectivity index (χ1) is 7.38. The topological polar surface area (TPSA) is 35.0 Å². The zero-order valence-electron chi connectivity index (χ0n) is 8.25. The summed E-state index contributed by atoms with van der Waals surface area (Å²) < 4.78 is 5.03. The molecule has 0 amide bonds. The Morgan fingerprint density at radius 1 is 1.13 bits per heavy atom. The largest absolute Gasteiger partial charge is 0.481 e. The Hall–Kier alpha value is -1.55. The molecular formula is C11H10N2OS. The molecule has 0 saturated heterocycles. The van der Waals surface area contributed by atoms with Gasteiger partial charge in [-0.25, -0.2) is 4.98 Å². The van der Waals surface area contributed by atoms with E-state index in [4.69, 9.17) is 4.74 Å². The van der Waals surface area contributed by atoms with E-state index in [9.17, 15) is 0 Å². The average Bonchev–Trinajstić information content (AvgIpc) is 2.31. The molecule has 0 saturated carbocycles. The van der Waals surface area contributed by atoms with Gasteiger partial charge in [0.05, 0.1) is 7.11 Å². The molecule has 3 nitrogen and oxygen atoms in total. The lowest BCUT2D eigenvalue weighted by Crippen LogP contribution is -1.90. The molecule has 0 atom stereocenters. The lowest BCUT2D eigenvalue weighted by molar-refractivity contribution is 0.392. The van der Waals surface area contributed by atoms with Crippen LogP contribution in [0.2, 0.25) is 0 Å². The third-order valence-corrected chi connectivity index (χ3v) is 2.66. The van der Waals surface area contributed by atoms with E-state index in [0.29, 0.717) is 11.0 Å². The van der Waals surface area contributed by atoms with Gasteiger partial charge in [0.15, 0.2) is 5.16 Å². The molecule has 0 bridgehead atoms. The molecular weight excluding hydrogens is 208 g/mol. The van der Waals surface area contributed by atoms with Crippen LogP contribution in [0.25, 0.3) is 0 Å². The van der Waals surface area contributed by atoms with Gasteiger partial charge in [0, 0.05) is 17.2 Å². The number of ether oxygens (including phenoxy) is 1. The van der Waals surface area contributed by atoms with E-state index in [-0.39, 0.29) is 0 Å². The van der Waals surface area contributed by atoms with Crippen molar-refractivity contribution in [2.75, 3.05) is 7.11 Å². The van der Waals surface area contributed by atoms with Gasteiger partial charge in [-0.05, 0) is 23.9 Å². The van der Waals surface area contributed by atoms with Crippen molar-refractivity contribution in [1.82, 2.24) is 9.97 Å². The predicted molar refractivity (Wildman–Crippen MR) is 59.1 cm³/mol. The lowest BCUT2D eigenvalue weighted by Gasteiger charge is -2.01. The normalized spacial score (nSPS) is 9.93. The second-order valence-electron chi connectivity index (χ2n) is 2.80. The van der Waals surface area contributed by atoms with E-state index in [1.807, 2.05) is 30.3 Å². The van der Waals surface area contributed by atoms with Gasteiger partial charge < -0.3 is 4.74 Å². The molecule has 0 aliphatic carbocycles. The molecule has 0 N–H and O–H groups in total. The molecule has 1 aromatic heterocycles. The van der Waals surface area contributed by atoms with Crippen LogP contribution in [0.5, 0.6) is 5.88 Å². The summed E-state index contributed by atoms with van der Waals surface area (Å²) in [6, 6.07) is 11.7. The van der Waals surface area contributed by atoms with Crippen LogP contribution in [0.15, 0.2) is 52.6 Å². The number of benzene rings is 1. The number of rotatable bonds is 3. The Kier molecular flexibility index (Phi) is 3.19. The molecule has 0 aliphatic rings. The molecule has 0 spiro atoms. The van der Waals surface area contributed by atoms with Crippen molar-refractivity contribution >= 4 is 11.8 Å². The summed E-state index contributed by atoms with van der Waals surface area (Å²) >= 11 is 1.51. The summed E-state index contributed by atoms with van der Waals surface area (Å²) in [6.45, 7) is 0. The van der Waals surface area contributed by atoms with Crippen LogP contribution in [-0.4, -0.2) is 17.1 Å². The lowest BCUT2D eigenvalue weighted by atomic mass is 10.4. The maximum atomic E-state index is 5.03. The Labute approximate surface area is 92.5 Å². The molecule has 76 valence electrons. The van der Waals surface area contributed by atoms with Gasteiger partial charge in [-0.1, -0.05) is 18.2 Å². The molecule has 15 heavy (non-hydrogen) atoms. The highest BCUT2D eigenvalue weighted by Gasteiger charge is 2.01. The first-order valence-corrected chi connectivity index (χ1v) is 5.30. The monoisotopic (exact) mass is 218 g/mol. The summed E-state index contributed by atoms with van der Waals surface area (Å²) in [4.78, 5) is 9.49. The fraction of sp³-hybridized carbons (Fsp3) is 0.0909. The third-order valence-electron chi connectivity index (χ3n) is 1.77. The van der Waals surface area contributed by atoms with Gasteiger partial charge in [0.25, 0.3) is 0 Å². The first kappa shape index (κ1) is 9.98. The molecule has 1 heterocycles. The van der Waals surface area contributed by atoms with E-state index < -0.39 is 0 Å². The third kappa shape index (κ3) is 2.70. The van der Waals surface area contributed by atoms with Gasteiger partial charge in [0.1, 0.15) is 0 Å². The molecule has 4 heteroatoms. The highest BCUT2D eigenvalue weighted by atomic mass is 32.2. The minimum absolute atomic E-state index is 0.587. The summed E-state index contributed by atoms with van der Waals surface area (Å²) in [6.07, 6.45) is 1.69. The molecule has 0 radical (unpaired) electrons. The minimum Gasteiger partial charge on any atom is -0.481 e. The minimum atomic E-state index is 0.587.